The first-order chi connectivity index (χ1) is 16.0. The van der Waals surface area contributed by atoms with E-state index in [4.69, 9.17) is 18.9 Å². The Labute approximate surface area is 195 Å². The van der Waals surface area contributed by atoms with E-state index in [9.17, 15) is 9.59 Å². The Balaban J connectivity index is 2.01. The van der Waals surface area contributed by atoms with Crippen molar-refractivity contribution in [3.05, 3.63) is 70.2 Å². The molecular weight excluding hydrogens is 444 g/mol. The molecule has 2 aromatic carbocycles. The number of benzene rings is 2. The summed E-state index contributed by atoms with van der Waals surface area (Å²) in [5, 5.41) is 4.33. The number of hydrogen-bond acceptors (Lipinski definition) is 9. The topological polar surface area (TPSA) is 96.8 Å². The maximum absolute atomic E-state index is 13.6. The lowest BCUT2D eigenvalue weighted by Gasteiger charge is -2.44. The number of nitrogens with zero attached hydrogens (tertiary/aromatic N) is 2. The molecule has 1 aliphatic carbocycles. The molecule has 3 aromatic rings. The number of aromatic nitrogens is 2. The Morgan fingerprint density at radius 3 is 1.85 bits per heavy atom. The van der Waals surface area contributed by atoms with E-state index in [0.717, 1.165) is 21.7 Å². The molecule has 0 spiro atoms. The van der Waals surface area contributed by atoms with Gasteiger partial charge in [0.1, 0.15) is 11.5 Å². The van der Waals surface area contributed by atoms with E-state index >= 15 is 0 Å². The van der Waals surface area contributed by atoms with E-state index in [-0.39, 0.29) is 0 Å². The fraction of sp³-hybridized carbons (Fsp3) is 0.333. The minimum atomic E-state index is -1.69. The Hall–Kier alpha value is -3.46. The third kappa shape index (κ3) is 3.62. The highest BCUT2D eigenvalue weighted by atomic mass is 32.1. The highest BCUT2D eigenvalue weighted by Gasteiger charge is 2.64. The van der Waals surface area contributed by atoms with Crippen LogP contribution in [0.25, 0.3) is 0 Å². The molecule has 172 valence electrons. The Bertz CT molecular complexity index is 1130. The van der Waals surface area contributed by atoms with Crippen molar-refractivity contribution in [2.24, 2.45) is 5.41 Å². The van der Waals surface area contributed by atoms with Crippen LogP contribution in [0.15, 0.2) is 48.5 Å². The van der Waals surface area contributed by atoms with Crippen molar-refractivity contribution in [2.75, 3.05) is 28.4 Å². The fourth-order valence-electron chi connectivity index (χ4n) is 4.71. The molecule has 8 nitrogen and oxygen atoms in total. The highest BCUT2D eigenvalue weighted by Crippen LogP contribution is 2.58. The molecule has 0 aliphatic heterocycles. The standard InChI is InChI=1S/C24H24N2O6S/c1-29-16-9-5-14(6-10-16)18-13-19-21(33-26-25-19)20(15-7-11-17(30-2)12-8-15)24(18,22(27)31-3)23(28)32-4/h5-12,18,20H,13H2,1-4H3. The molecule has 2 atom stereocenters. The van der Waals surface area contributed by atoms with Gasteiger partial charge in [0.05, 0.1) is 39.0 Å². The summed E-state index contributed by atoms with van der Waals surface area (Å²) in [6.45, 7) is 0. The summed E-state index contributed by atoms with van der Waals surface area (Å²) < 4.78 is 25.3. The van der Waals surface area contributed by atoms with E-state index in [1.165, 1.54) is 25.8 Å². The smallest absolute Gasteiger partial charge is 0.324 e. The fourth-order valence-corrected chi connectivity index (χ4v) is 5.59. The normalized spacial score (nSPS) is 18.7. The first-order valence-electron chi connectivity index (χ1n) is 10.3. The lowest BCUT2D eigenvalue weighted by molar-refractivity contribution is -0.173. The molecule has 0 amide bonds. The van der Waals surface area contributed by atoms with Crippen LogP contribution >= 0.6 is 11.5 Å². The van der Waals surface area contributed by atoms with Gasteiger partial charge in [-0.25, -0.2) is 0 Å². The molecule has 4 rings (SSSR count). The molecule has 1 aromatic heterocycles. The van der Waals surface area contributed by atoms with Gasteiger partial charge in [-0.2, -0.15) is 0 Å². The largest absolute Gasteiger partial charge is 0.497 e. The molecule has 0 saturated heterocycles. The van der Waals surface area contributed by atoms with Gasteiger partial charge in [-0.15, -0.1) is 5.10 Å². The van der Waals surface area contributed by atoms with Gasteiger partial charge in [-0.1, -0.05) is 28.8 Å². The summed E-state index contributed by atoms with van der Waals surface area (Å²) in [7, 11) is 5.72. The zero-order valence-electron chi connectivity index (χ0n) is 18.7. The van der Waals surface area contributed by atoms with E-state index < -0.39 is 29.2 Å². The van der Waals surface area contributed by atoms with Crippen molar-refractivity contribution in [1.82, 2.24) is 9.59 Å². The second-order valence-electron chi connectivity index (χ2n) is 7.67. The molecule has 9 heteroatoms. The van der Waals surface area contributed by atoms with Gasteiger partial charge in [-0.3, -0.25) is 9.59 Å². The molecule has 1 aliphatic rings. The zero-order valence-corrected chi connectivity index (χ0v) is 19.5. The predicted octanol–water partition coefficient (Wildman–Crippen LogP) is 3.36. The van der Waals surface area contributed by atoms with Gasteiger partial charge >= 0.3 is 11.9 Å². The number of carbonyl (C=O) groups excluding carboxylic acids is 2. The molecule has 0 N–H and O–H groups in total. The van der Waals surface area contributed by atoms with Gasteiger partial charge < -0.3 is 18.9 Å². The summed E-state index contributed by atoms with van der Waals surface area (Å²) in [6, 6.07) is 14.5. The molecule has 0 saturated carbocycles. The number of methoxy groups -OCH3 is 4. The van der Waals surface area contributed by atoms with Gasteiger partial charge in [0.15, 0.2) is 5.41 Å². The Morgan fingerprint density at radius 2 is 1.36 bits per heavy atom. The molecule has 0 fully saturated rings. The summed E-state index contributed by atoms with van der Waals surface area (Å²) in [5.41, 5.74) is 0.555. The number of esters is 2. The van der Waals surface area contributed by atoms with E-state index in [2.05, 4.69) is 9.59 Å². The van der Waals surface area contributed by atoms with Crippen molar-refractivity contribution >= 4 is 23.5 Å². The van der Waals surface area contributed by atoms with Crippen LogP contribution in [-0.2, 0) is 25.5 Å². The number of ether oxygens (including phenoxy) is 4. The van der Waals surface area contributed by atoms with Crippen molar-refractivity contribution in [1.29, 1.82) is 0 Å². The summed E-state index contributed by atoms with van der Waals surface area (Å²) >= 11 is 1.17. The predicted molar refractivity (Wildman–Crippen MR) is 121 cm³/mol. The van der Waals surface area contributed by atoms with Crippen LogP contribution in [0.2, 0.25) is 0 Å². The van der Waals surface area contributed by atoms with Gasteiger partial charge in [0.2, 0.25) is 0 Å². The van der Waals surface area contributed by atoms with E-state index in [1.54, 1.807) is 38.5 Å². The van der Waals surface area contributed by atoms with E-state index in [1.807, 2.05) is 24.3 Å². The van der Waals surface area contributed by atoms with E-state index in [0.29, 0.717) is 17.9 Å². The number of carbonyl (C=O) groups is 2. The lowest BCUT2D eigenvalue weighted by atomic mass is 9.57. The molecular formula is C24H24N2O6S. The van der Waals surface area contributed by atoms with Crippen LogP contribution in [-0.4, -0.2) is 50.0 Å². The summed E-state index contributed by atoms with van der Waals surface area (Å²) in [5.74, 6) is -1.33. The van der Waals surface area contributed by atoms with Crippen molar-refractivity contribution < 1.29 is 28.5 Å². The third-order valence-corrected chi connectivity index (χ3v) is 7.09. The maximum atomic E-state index is 13.6. The highest BCUT2D eigenvalue weighted by molar-refractivity contribution is 7.05. The average Bonchev–Trinajstić information content (AvgIpc) is 3.34. The monoisotopic (exact) mass is 468 g/mol. The van der Waals surface area contributed by atoms with Crippen LogP contribution in [0.1, 0.15) is 33.5 Å². The lowest BCUT2D eigenvalue weighted by Crippen LogP contribution is -2.53. The minimum Gasteiger partial charge on any atom is -0.497 e. The summed E-state index contributed by atoms with van der Waals surface area (Å²) in [4.78, 5) is 28.0. The molecule has 0 bridgehead atoms. The second kappa shape index (κ2) is 9.19. The first-order valence-corrected chi connectivity index (χ1v) is 11.0. The van der Waals surface area contributed by atoms with Crippen LogP contribution in [0.5, 0.6) is 11.5 Å². The number of fused-ring (bicyclic) bond motifs is 1. The van der Waals surface area contributed by atoms with Crippen LogP contribution in [0.4, 0.5) is 0 Å². The average molecular weight is 469 g/mol. The van der Waals surface area contributed by atoms with Gasteiger partial charge in [0, 0.05) is 18.3 Å². The van der Waals surface area contributed by atoms with Crippen molar-refractivity contribution in [3.63, 3.8) is 0 Å². The third-order valence-electron chi connectivity index (χ3n) is 6.26. The van der Waals surface area contributed by atoms with Gasteiger partial charge in [-0.05, 0) is 46.9 Å². The second-order valence-corrected chi connectivity index (χ2v) is 8.46. The first kappa shape index (κ1) is 22.7. The van der Waals surface area contributed by atoms with Crippen LogP contribution in [0.3, 0.4) is 0 Å². The molecule has 2 unspecified atom stereocenters. The SMILES string of the molecule is COC(=O)C1(C(=O)OC)C(c2ccc(OC)cc2)Cc2nnsc2C1c1ccc(OC)cc1. The van der Waals surface area contributed by atoms with Crippen molar-refractivity contribution in [2.45, 2.75) is 18.3 Å². The zero-order chi connectivity index (χ0) is 23.6. The van der Waals surface area contributed by atoms with Gasteiger partial charge in [0.25, 0.3) is 0 Å². The molecule has 33 heavy (non-hydrogen) atoms. The molecule has 0 radical (unpaired) electrons. The maximum Gasteiger partial charge on any atom is 0.324 e. The Morgan fingerprint density at radius 1 is 0.848 bits per heavy atom. The Kier molecular flexibility index (Phi) is 6.33. The van der Waals surface area contributed by atoms with Crippen molar-refractivity contribution in [3.8, 4) is 11.5 Å². The minimum absolute atomic E-state index is 0.328. The van der Waals surface area contributed by atoms with Crippen LogP contribution < -0.4 is 9.47 Å². The molecule has 1 heterocycles. The number of rotatable bonds is 6. The number of hydrogen-bond donors (Lipinski definition) is 0. The van der Waals surface area contributed by atoms with Crippen LogP contribution in [0, 0.1) is 5.41 Å². The quantitative estimate of drug-likeness (QED) is 0.401. The summed E-state index contributed by atoms with van der Waals surface area (Å²) in [6.07, 6.45) is 0.328.